The Balaban J connectivity index is 0.000000346. The number of para-hydroxylation sites is 2. The van der Waals surface area contributed by atoms with Crippen LogP contribution < -0.4 is 7.12 Å². The number of rotatable bonds is 4. The molecule has 0 atom stereocenters. The number of halogens is 8. The van der Waals surface area contributed by atoms with E-state index >= 15 is 0 Å². The van der Waals surface area contributed by atoms with Gasteiger partial charge in [-0.2, -0.15) is 5.26 Å². The molecule has 0 aliphatic rings. The van der Waals surface area contributed by atoms with Crippen molar-refractivity contribution in [3.05, 3.63) is 83.9 Å². The summed E-state index contributed by atoms with van der Waals surface area (Å²) < 4.78 is 92.1. The second kappa shape index (κ2) is 14.9. The van der Waals surface area contributed by atoms with Crippen LogP contribution in [0.4, 0.5) is 34.5 Å². The van der Waals surface area contributed by atoms with Crippen molar-refractivity contribution in [2.45, 2.75) is 20.0 Å². The summed E-state index contributed by atoms with van der Waals surface area (Å²) >= 11 is 0.317. The average Bonchev–Trinajstić information content (AvgIpc) is 3.43. The molecule has 0 radical (unpaired) electrons. The van der Waals surface area contributed by atoms with Gasteiger partial charge < -0.3 is 34.5 Å². The van der Waals surface area contributed by atoms with Crippen LogP contribution in [0.25, 0.3) is 22.1 Å². The summed E-state index contributed by atoms with van der Waals surface area (Å²) in [6, 6.07) is 27.6. The van der Waals surface area contributed by atoms with E-state index in [0.717, 1.165) is 24.1 Å². The molecule has 5 aromatic rings. The molecule has 3 aromatic carbocycles. The number of hydrogen-bond acceptors (Lipinski definition) is 3. The summed E-state index contributed by atoms with van der Waals surface area (Å²) in [7, 11) is -12.0. The zero-order valence-electron chi connectivity index (χ0n) is 20.1. The third-order valence-electron chi connectivity index (χ3n) is 4.45. The number of nitriles is 1. The molecule has 0 bridgehead atoms. The van der Waals surface area contributed by atoms with E-state index in [4.69, 9.17) is 5.26 Å². The number of benzene rings is 3. The predicted octanol–water partition coefficient (Wildman–Crippen LogP) is 4.70. The van der Waals surface area contributed by atoms with Crippen LogP contribution in [0, 0.1) is 11.3 Å². The van der Waals surface area contributed by atoms with Crippen molar-refractivity contribution in [1.29, 1.82) is 5.26 Å². The van der Waals surface area contributed by atoms with Crippen LogP contribution in [0.15, 0.2) is 72.8 Å². The van der Waals surface area contributed by atoms with Crippen LogP contribution in [0.1, 0.15) is 18.1 Å². The van der Waals surface area contributed by atoms with Crippen molar-refractivity contribution in [2.75, 3.05) is 0 Å². The van der Waals surface area contributed by atoms with E-state index in [1.54, 1.807) is 6.07 Å². The van der Waals surface area contributed by atoms with Gasteiger partial charge in [0, 0.05) is 6.92 Å². The van der Waals surface area contributed by atoms with Gasteiger partial charge in [-0.1, -0.05) is 0 Å². The topological polar surface area (TPSA) is 57.3 Å². The van der Waals surface area contributed by atoms with Crippen molar-refractivity contribution in [1.82, 2.24) is 7.96 Å². The van der Waals surface area contributed by atoms with Gasteiger partial charge in [0.15, 0.2) is 0 Å². The van der Waals surface area contributed by atoms with Crippen molar-refractivity contribution < 1.29 is 41.7 Å². The van der Waals surface area contributed by atoms with E-state index in [9.17, 15) is 34.5 Å². The fourth-order valence-electron chi connectivity index (χ4n) is 3.09. The number of fused-ring (bicyclic) bond motifs is 2. The van der Waals surface area contributed by atoms with Gasteiger partial charge in [-0.3, -0.25) is 0 Å². The van der Waals surface area contributed by atoms with Gasteiger partial charge in [-0.25, -0.2) is 0 Å². The quantitative estimate of drug-likeness (QED) is 0.204. The summed E-state index contributed by atoms with van der Waals surface area (Å²) in [5, 5.41) is 7.32. The first-order valence-electron chi connectivity index (χ1n) is 10.9. The van der Waals surface area contributed by atoms with Crippen molar-refractivity contribution in [3.8, 4) is 6.07 Å². The van der Waals surface area contributed by atoms with Crippen molar-refractivity contribution >= 4 is 66.5 Å². The standard InChI is InChI=1S/C20H16N4Se2.C2H3N.2BF4/c1-3-7-19-17(5-1)21-25-23(19)13-15-9-11-16(12-10-15)14-24-20-8-4-2-6-18(20)22-26-24;1-2-3;2*2-1(3,4)5/h1-12H,13-14H2;1H3;;/q+2;;2*-1. The number of aromatic nitrogens is 4. The molecule has 206 valence electrons. The molecule has 2 aromatic heterocycles. The van der Waals surface area contributed by atoms with Crippen LogP contribution >= 0.6 is 0 Å². The molecule has 39 heavy (non-hydrogen) atoms. The average molecular weight is 685 g/mol. The van der Waals surface area contributed by atoms with Crippen LogP contribution in [0.5, 0.6) is 0 Å². The molecule has 5 rings (SSSR count). The predicted molar refractivity (Wildman–Crippen MR) is 134 cm³/mol. The van der Waals surface area contributed by atoms with E-state index in [1.165, 1.54) is 29.1 Å². The maximum atomic E-state index is 9.75. The fourth-order valence-corrected chi connectivity index (χ4v) is 6.40. The Hall–Kier alpha value is -3.04. The second-order valence-corrected chi connectivity index (χ2v) is 10.7. The summed E-state index contributed by atoms with van der Waals surface area (Å²) in [5.41, 5.74) is 7.44. The minimum atomic E-state index is -6.00. The Morgan fingerprint density at radius 3 is 1.23 bits per heavy atom. The molecule has 0 fully saturated rings. The molecule has 17 heteroatoms. The molecule has 0 saturated heterocycles. The van der Waals surface area contributed by atoms with Gasteiger partial charge in [0.2, 0.25) is 0 Å². The fraction of sp³-hybridized carbons (Fsp3) is 0.136. The van der Waals surface area contributed by atoms with Crippen LogP contribution in [-0.2, 0) is 13.1 Å². The van der Waals surface area contributed by atoms with Gasteiger partial charge in [-0.05, 0) is 0 Å². The molecule has 0 aliphatic carbocycles. The molecule has 0 aliphatic heterocycles. The van der Waals surface area contributed by atoms with Crippen molar-refractivity contribution in [3.63, 3.8) is 0 Å². The molecule has 5 nitrogen and oxygen atoms in total. The first kappa shape index (κ1) is 32.2. The zero-order valence-corrected chi connectivity index (χ0v) is 23.5. The Kier molecular flexibility index (Phi) is 12.3. The molecule has 2 heterocycles. The Labute approximate surface area is 231 Å². The number of hydrogen-bond donors (Lipinski definition) is 0. The Bertz CT molecular complexity index is 1380. The van der Waals surface area contributed by atoms with E-state index < -0.39 is 14.5 Å². The first-order valence-corrected chi connectivity index (χ1v) is 14.0. The summed E-state index contributed by atoms with van der Waals surface area (Å²) in [6.07, 6.45) is 0. The van der Waals surface area contributed by atoms with Gasteiger partial charge in [0.05, 0.1) is 6.07 Å². The van der Waals surface area contributed by atoms with Crippen molar-refractivity contribution in [2.24, 2.45) is 0 Å². The van der Waals surface area contributed by atoms with Gasteiger partial charge in [0.25, 0.3) is 0 Å². The van der Waals surface area contributed by atoms with E-state index in [0.29, 0.717) is 0 Å². The molecule has 0 N–H and O–H groups in total. The Morgan fingerprint density at radius 2 is 0.923 bits per heavy atom. The Morgan fingerprint density at radius 1 is 0.641 bits per heavy atom. The monoisotopic (exact) mass is 687 g/mol. The van der Waals surface area contributed by atoms with Gasteiger partial charge >= 0.3 is 179 Å². The molecule has 0 saturated carbocycles. The molecule has 0 amide bonds. The molecule has 0 unspecified atom stereocenters. The summed E-state index contributed by atoms with van der Waals surface area (Å²) in [5.74, 6) is 0. The molecular formula is C22H19B2F8N5Se2. The van der Waals surface area contributed by atoms with E-state index in [-0.39, 0.29) is 29.9 Å². The summed E-state index contributed by atoms with van der Waals surface area (Å²) in [6.45, 7) is 3.28. The third-order valence-corrected chi connectivity index (χ3v) is 7.81. The van der Waals surface area contributed by atoms with Crippen LogP contribution in [-0.4, -0.2) is 52.4 Å². The second-order valence-electron chi connectivity index (χ2n) is 7.43. The first-order chi connectivity index (χ1) is 18.3. The normalized spacial score (nSPS) is 10.9. The molecule has 0 spiro atoms. The minimum absolute atomic E-state index is 0.158. The van der Waals surface area contributed by atoms with Crippen LogP contribution in [0.3, 0.4) is 0 Å². The van der Waals surface area contributed by atoms with Gasteiger partial charge in [-0.15, -0.1) is 0 Å². The third kappa shape index (κ3) is 12.6. The van der Waals surface area contributed by atoms with E-state index in [2.05, 4.69) is 87.9 Å². The van der Waals surface area contributed by atoms with Gasteiger partial charge in [0.1, 0.15) is 0 Å². The van der Waals surface area contributed by atoms with Crippen LogP contribution in [0.2, 0.25) is 0 Å². The maximum absolute atomic E-state index is 9.75. The number of nitrogens with zero attached hydrogens (tertiary/aromatic N) is 5. The molecular weight excluding hydrogens is 666 g/mol. The zero-order chi connectivity index (χ0) is 29.1. The van der Waals surface area contributed by atoms with E-state index in [1.807, 2.05) is 0 Å². The summed E-state index contributed by atoms with van der Waals surface area (Å²) in [4.78, 5) is 0. The SMILES string of the molecule is CC#N.F[B-](F)(F)F.F[B-](F)(F)F.c1ccc2c(c1)n[se][n+]2Cc1ccc(C[n+]2[se]nc3ccccc32)cc1.